The van der Waals surface area contributed by atoms with Crippen LogP contribution in [0.3, 0.4) is 0 Å². The van der Waals surface area contributed by atoms with E-state index in [9.17, 15) is 0 Å². The molecule has 4 atom stereocenters. The van der Waals surface area contributed by atoms with Gasteiger partial charge >= 0.3 is 0 Å². The summed E-state index contributed by atoms with van der Waals surface area (Å²) in [6.45, 7) is 7.92. The summed E-state index contributed by atoms with van der Waals surface area (Å²) in [5.41, 5.74) is 1.47. The van der Waals surface area contributed by atoms with Crippen molar-refractivity contribution in [1.29, 1.82) is 0 Å². The van der Waals surface area contributed by atoms with Gasteiger partial charge in [0, 0.05) is 6.04 Å². The Balaban J connectivity index is 1.95. The zero-order valence-electron chi connectivity index (χ0n) is 13.3. The highest BCUT2D eigenvalue weighted by Gasteiger charge is 2.34. The van der Waals surface area contributed by atoms with E-state index in [0.717, 1.165) is 17.8 Å². The van der Waals surface area contributed by atoms with E-state index in [4.69, 9.17) is 0 Å². The number of allylic oxidation sites excluding steroid dienone is 1. The Morgan fingerprint density at radius 3 is 2.53 bits per heavy atom. The normalized spacial score (nSPS) is 32.5. The van der Waals surface area contributed by atoms with Gasteiger partial charge in [0.05, 0.1) is 0 Å². The monoisotopic (exact) mass is 263 g/mol. The summed E-state index contributed by atoms with van der Waals surface area (Å²) in [5.74, 6) is 3.01. The average Bonchev–Trinajstić information content (AvgIpc) is 2.42. The van der Waals surface area contributed by atoms with E-state index in [0.29, 0.717) is 6.04 Å². The molecule has 2 fully saturated rings. The van der Waals surface area contributed by atoms with E-state index >= 15 is 0 Å². The van der Waals surface area contributed by atoms with Gasteiger partial charge in [0.1, 0.15) is 0 Å². The molecule has 4 unspecified atom stereocenters. The molecule has 0 bridgehead atoms. The van der Waals surface area contributed by atoms with Crippen LogP contribution in [0, 0.1) is 17.8 Å². The molecule has 0 radical (unpaired) electrons. The summed E-state index contributed by atoms with van der Waals surface area (Å²) < 4.78 is 0. The molecule has 0 heterocycles. The van der Waals surface area contributed by atoms with E-state index < -0.39 is 0 Å². The smallest absolute Gasteiger partial charge is 0.0280 e. The molecule has 0 aromatic heterocycles. The first-order chi connectivity index (χ1) is 9.20. The Morgan fingerprint density at radius 2 is 1.84 bits per heavy atom. The van der Waals surface area contributed by atoms with Crippen molar-refractivity contribution in [3.05, 3.63) is 11.6 Å². The predicted octanol–water partition coefficient (Wildman–Crippen LogP) is 4.93. The molecule has 0 aromatic rings. The van der Waals surface area contributed by atoms with Gasteiger partial charge < -0.3 is 5.32 Å². The van der Waals surface area contributed by atoms with Gasteiger partial charge in [0.25, 0.3) is 0 Å². The fraction of sp³-hybridized carbons (Fsp3) is 0.889. The quantitative estimate of drug-likeness (QED) is 0.694. The molecule has 0 aliphatic heterocycles. The standard InChI is InChI=1S/C18H33N/c1-4-11-19-18(12-14(2)3)17-10-9-15-7-5-6-8-16(15)13-17/h12,15-19H,4-11,13H2,1-3H3. The van der Waals surface area contributed by atoms with Crippen LogP contribution in [-0.2, 0) is 0 Å². The van der Waals surface area contributed by atoms with Gasteiger partial charge in [-0.1, -0.05) is 44.3 Å². The molecule has 110 valence electrons. The third-order valence-electron chi connectivity index (χ3n) is 5.23. The van der Waals surface area contributed by atoms with Crippen LogP contribution in [0.2, 0.25) is 0 Å². The molecule has 0 saturated heterocycles. The van der Waals surface area contributed by atoms with Crippen LogP contribution in [0.4, 0.5) is 0 Å². The summed E-state index contributed by atoms with van der Waals surface area (Å²) in [6, 6.07) is 0.632. The molecule has 1 heteroatoms. The molecular weight excluding hydrogens is 230 g/mol. The van der Waals surface area contributed by atoms with Gasteiger partial charge in [0.15, 0.2) is 0 Å². The highest BCUT2D eigenvalue weighted by Crippen LogP contribution is 2.43. The minimum Gasteiger partial charge on any atom is -0.310 e. The highest BCUT2D eigenvalue weighted by molar-refractivity contribution is 5.04. The summed E-state index contributed by atoms with van der Waals surface area (Å²) in [7, 11) is 0. The van der Waals surface area contributed by atoms with E-state index in [-0.39, 0.29) is 0 Å². The van der Waals surface area contributed by atoms with Crippen molar-refractivity contribution in [2.75, 3.05) is 6.54 Å². The fourth-order valence-electron chi connectivity index (χ4n) is 4.27. The molecule has 2 aliphatic carbocycles. The van der Waals surface area contributed by atoms with Gasteiger partial charge in [-0.05, 0) is 63.8 Å². The van der Waals surface area contributed by atoms with Crippen molar-refractivity contribution in [2.45, 2.75) is 78.2 Å². The maximum Gasteiger partial charge on any atom is 0.0280 e. The van der Waals surface area contributed by atoms with Gasteiger partial charge in [-0.25, -0.2) is 0 Å². The topological polar surface area (TPSA) is 12.0 Å². The lowest BCUT2D eigenvalue weighted by molar-refractivity contribution is 0.118. The summed E-state index contributed by atoms with van der Waals surface area (Å²) in [6.07, 6.45) is 14.2. The van der Waals surface area contributed by atoms with Crippen LogP contribution >= 0.6 is 0 Å². The Kier molecular flexibility index (Phi) is 5.94. The van der Waals surface area contributed by atoms with Gasteiger partial charge in [-0.2, -0.15) is 0 Å². The highest BCUT2D eigenvalue weighted by atomic mass is 14.9. The summed E-state index contributed by atoms with van der Waals surface area (Å²) in [5, 5.41) is 3.79. The Labute approximate surface area is 120 Å². The maximum atomic E-state index is 3.79. The van der Waals surface area contributed by atoms with E-state index in [2.05, 4.69) is 32.2 Å². The zero-order valence-corrected chi connectivity index (χ0v) is 13.3. The number of fused-ring (bicyclic) bond motifs is 1. The second kappa shape index (κ2) is 7.47. The van der Waals surface area contributed by atoms with Crippen molar-refractivity contribution < 1.29 is 0 Å². The van der Waals surface area contributed by atoms with Crippen LogP contribution in [0.15, 0.2) is 11.6 Å². The minimum atomic E-state index is 0.632. The molecule has 0 aromatic carbocycles. The predicted molar refractivity (Wildman–Crippen MR) is 84.3 cm³/mol. The van der Waals surface area contributed by atoms with Gasteiger partial charge in [0.2, 0.25) is 0 Å². The number of hydrogen-bond donors (Lipinski definition) is 1. The SMILES string of the molecule is CCCNC(C=C(C)C)C1CCC2CCCCC2C1. The molecule has 0 spiro atoms. The van der Waals surface area contributed by atoms with Crippen molar-refractivity contribution in [3.63, 3.8) is 0 Å². The van der Waals surface area contributed by atoms with Crippen molar-refractivity contribution in [2.24, 2.45) is 17.8 Å². The minimum absolute atomic E-state index is 0.632. The van der Waals surface area contributed by atoms with E-state index in [1.807, 2.05) is 0 Å². The van der Waals surface area contributed by atoms with Crippen LogP contribution in [0.25, 0.3) is 0 Å². The number of hydrogen-bond acceptors (Lipinski definition) is 1. The lowest BCUT2D eigenvalue weighted by atomic mass is 9.66. The van der Waals surface area contributed by atoms with Gasteiger partial charge in [-0.3, -0.25) is 0 Å². The molecule has 2 saturated carbocycles. The molecule has 1 nitrogen and oxygen atoms in total. The van der Waals surface area contributed by atoms with Crippen LogP contribution in [0.5, 0.6) is 0 Å². The van der Waals surface area contributed by atoms with E-state index in [1.165, 1.54) is 63.5 Å². The third-order valence-corrected chi connectivity index (χ3v) is 5.23. The first kappa shape index (κ1) is 15.1. The maximum absolute atomic E-state index is 3.79. The van der Waals surface area contributed by atoms with E-state index in [1.54, 1.807) is 0 Å². The van der Waals surface area contributed by atoms with Crippen molar-refractivity contribution in [3.8, 4) is 0 Å². The largest absolute Gasteiger partial charge is 0.310 e. The molecule has 2 rings (SSSR count). The number of nitrogens with one attached hydrogen (secondary N) is 1. The molecule has 0 amide bonds. The Bertz CT molecular complexity index is 290. The third kappa shape index (κ3) is 4.34. The van der Waals surface area contributed by atoms with Crippen molar-refractivity contribution in [1.82, 2.24) is 5.32 Å². The van der Waals surface area contributed by atoms with Crippen molar-refractivity contribution >= 4 is 0 Å². The van der Waals surface area contributed by atoms with Gasteiger partial charge in [-0.15, -0.1) is 0 Å². The molecule has 2 aliphatic rings. The second-order valence-corrected chi connectivity index (χ2v) is 7.10. The van der Waals surface area contributed by atoms with Crippen LogP contribution in [0.1, 0.15) is 72.1 Å². The summed E-state index contributed by atoms with van der Waals surface area (Å²) >= 11 is 0. The lowest BCUT2D eigenvalue weighted by Crippen LogP contribution is -2.40. The summed E-state index contributed by atoms with van der Waals surface area (Å²) in [4.78, 5) is 0. The Hall–Kier alpha value is -0.300. The average molecular weight is 263 g/mol. The molecule has 1 N–H and O–H groups in total. The zero-order chi connectivity index (χ0) is 13.7. The lowest BCUT2D eigenvalue weighted by Gasteiger charge is -2.41. The molecule has 19 heavy (non-hydrogen) atoms. The Morgan fingerprint density at radius 1 is 1.11 bits per heavy atom. The molecular formula is C18H33N. The first-order valence-corrected chi connectivity index (χ1v) is 8.59. The van der Waals surface area contributed by atoms with Crippen LogP contribution < -0.4 is 5.32 Å². The van der Waals surface area contributed by atoms with Crippen LogP contribution in [-0.4, -0.2) is 12.6 Å². The second-order valence-electron chi connectivity index (χ2n) is 7.10. The fourth-order valence-corrected chi connectivity index (χ4v) is 4.27. The number of rotatable bonds is 5. The first-order valence-electron chi connectivity index (χ1n) is 8.59.